The van der Waals surface area contributed by atoms with E-state index in [1.807, 2.05) is 0 Å². The lowest BCUT2D eigenvalue weighted by Crippen LogP contribution is -2.36. The Hall–Kier alpha value is -0.670. The first-order valence-electron chi connectivity index (χ1n) is 5.65. The van der Waals surface area contributed by atoms with Crippen molar-refractivity contribution in [2.24, 2.45) is 5.14 Å². The Bertz CT molecular complexity index is 692. The summed E-state index contributed by atoms with van der Waals surface area (Å²) in [7, 11) is -5.18. The minimum atomic E-state index is -4.10. The van der Waals surface area contributed by atoms with Gasteiger partial charge in [0.15, 0.2) is 0 Å². The molecule has 1 rings (SSSR count). The van der Waals surface area contributed by atoms with Gasteiger partial charge in [0.25, 0.3) is 5.91 Å². The zero-order valence-electron chi connectivity index (χ0n) is 11.2. The Morgan fingerprint density at radius 2 is 2.00 bits per heavy atom. The topological polar surface area (TPSA) is 106 Å². The predicted molar refractivity (Wildman–Crippen MR) is 83.7 cm³/mol. The molecule has 3 N–H and O–H groups in total. The molecule has 0 aliphatic carbocycles. The number of amides is 1. The second-order valence-electron chi connectivity index (χ2n) is 4.43. The van der Waals surface area contributed by atoms with Crippen molar-refractivity contribution >= 4 is 49.9 Å². The molecule has 0 aliphatic rings. The normalized spacial score (nSPS) is 14.5. The molecule has 0 spiro atoms. The van der Waals surface area contributed by atoms with Crippen LogP contribution in [0.2, 0.25) is 10.0 Å². The van der Waals surface area contributed by atoms with Crippen molar-refractivity contribution in [1.29, 1.82) is 0 Å². The summed E-state index contributed by atoms with van der Waals surface area (Å²) in [4.78, 5) is 11.6. The highest BCUT2D eigenvalue weighted by molar-refractivity contribution is 7.89. The molecule has 21 heavy (non-hydrogen) atoms. The average Bonchev–Trinajstić information content (AvgIpc) is 2.29. The number of nitrogens with two attached hydrogens (primary N) is 1. The summed E-state index contributed by atoms with van der Waals surface area (Å²) < 4.78 is 33.9. The number of benzene rings is 1. The van der Waals surface area contributed by atoms with Gasteiger partial charge in [0, 0.05) is 34.4 Å². The molecule has 2 unspecified atom stereocenters. The van der Waals surface area contributed by atoms with Gasteiger partial charge < -0.3 is 5.32 Å². The van der Waals surface area contributed by atoms with Crippen LogP contribution in [-0.2, 0) is 20.8 Å². The van der Waals surface area contributed by atoms with E-state index in [2.05, 4.69) is 5.32 Å². The molecular formula is C11H14Cl2N2O4S2. The standard InChI is InChI=1S/C11H14Cl2N2O4S2/c1-6(5-20(2)17)15-11(16)7-3-8(12)10(13)9(4-7)21(14,18)19/h3-4,6H,5H2,1-2H3,(H,15,16)(H2,14,18,19). The summed E-state index contributed by atoms with van der Waals surface area (Å²) in [5.41, 5.74) is 0.00200. The number of nitrogens with one attached hydrogen (secondary N) is 1. The van der Waals surface area contributed by atoms with E-state index < -0.39 is 31.6 Å². The van der Waals surface area contributed by atoms with Gasteiger partial charge in [0.2, 0.25) is 10.0 Å². The predicted octanol–water partition coefficient (Wildman–Crippen LogP) is 1.14. The zero-order valence-corrected chi connectivity index (χ0v) is 14.4. The van der Waals surface area contributed by atoms with E-state index in [1.54, 1.807) is 6.92 Å². The first-order valence-corrected chi connectivity index (χ1v) is 9.68. The molecule has 6 nitrogen and oxygen atoms in total. The summed E-state index contributed by atoms with van der Waals surface area (Å²) in [5, 5.41) is 7.27. The molecule has 0 aromatic heterocycles. The van der Waals surface area contributed by atoms with E-state index in [4.69, 9.17) is 28.3 Å². The van der Waals surface area contributed by atoms with E-state index in [-0.39, 0.29) is 27.4 Å². The van der Waals surface area contributed by atoms with Crippen molar-refractivity contribution in [2.75, 3.05) is 12.0 Å². The van der Waals surface area contributed by atoms with Crippen LogP contribution in [0.5, 0.6) is 0 Å². The van der Waals surface area contributed by atoms with Crippen molar-refractivity contribution in [3.8, 4) is 0 Å². The smallest absolute Gasteiger partial charge is 0.251 e. The van der Waals surface area contributed by atoms with Gasteiger partial charge in [0.1, 0.15) is 4.90 Å². The molecular weight excluding hydrogens is 359 g/mol. The largest absolute Gasteiger partial charge is 0.349 e. The van der Waals surface area contributed by atoms with Crippen molar-refractivity contribution in [3.05, 3.63) is 27.7 Å². The summed E-state index contributed by atoms with van der Waals surface area (Å²) >= 11 is 11.6. The van der Waals surface area contributed by atoms with E-state index in [0.717, 1.165) is 6.07 Å². The molecule has 0 fully saturated rings. The third-order valence-corrected chi connectivity index (χ3v) is 5.24. The van der Waals surface area contributed by atoms with Gasteiger partial charge in [-0.1, -0.05) is 23.2 Å². The molecule has 0 saturated heterocycles. The first-order chi connectivity index (χ1) is 9.52. The molecule has 0 heterocycles. The fourth-order valence-electron chi connectivity index (χ4n) is 1.60. The minimum Gasteiger partial charge on any atom is -0.349 e. The van der Waals surface area contributed by atoms with Gasteiger partial charge in [-0.15, -0.1) is 0 Å². The molecule has 0 saturated carbocycles. The number of hydrogen-bond donors (Lipinski definition) is 2. The van der Waals surface area contributed by atoms with Gasteiger partial charge in [0.05, 0.1) is 10.0 Å². The summed E-state index contributed by atoms with van der Waals surface area (Å²) in [5.74, 6) is -0.286. The number of halogens is 2. The van der Waals surface area contributed by atoms with E-state index >= 15 is 0 Å². The summed E-state index contributed by atoms with van der Waals surface area (Å²) in [6, 6.07) is 1.94. The maximum atomic E-state index is 12.0. The molecule has 1 amide bonds. The van der Waals surface area contributed by atoms with Gasteiger partial charge in [-0.25, -0.2) is 13.6 Å². The van der Waals surface area contributed by atoms with Crippen LogP contribution in [0, 0.1) is 0 Å². The van der Waals surface area contributed by atoms with Gasteiger partial charge in [-0.05, 0) is 19.1 Å². The fourth-order valence-corrected chi connectivity index (χ4v) is 3.75. The second kappa shape index (κ2) is 7.06. The van der Waals surface area contributed by atoms with Crippen LogP contribution in [0.25, 0.3) is 0 Å². The third-order valence-electron chi connectivity index (χ3n) is 2.43. The molecule has 2 atom stereocenters. The van der Waals surface area contributed by atoms with Gasteiger partial charge in [-0.3, -0.25) is 9.00 Å². The van der Waals surface area contributed by atoms with E-state index in [9.17, 15) is 17.4 Å². The monoisotopic (exact) mass is 372 g/mol. The molecule has 1 aromatic rings. The maximum absolute atomic E-state index is 12.0. The number of carbonyl (C=O) groups is 1. The van der Waals surface area contributed by atoms with Crippen LogP contribution in [0.1, 0.15) is 17.3 Å². The van der Waals surface area contributed by atoms with Crippen LogP contribution in [0.3, 0.4) is 0 Å². The molecule has 0 radical (unpaired) electrons. The zero-order chi connectivity index (χ0) is 16.4. The Morgan fingerprint density at radius 3 is 2.48 bits per heavy atom. The lowest BCUT2D eigenvalue weighted by molar-refractivity contribution is 0.0943. The Labute approximate surface area is 135 Å². The maximum Gasteiger partial charge on any atom is 0.251 e. The second-order valence-corrected chi connectivity index (χ2v) is 8.22. The highest BCUT2D eigenvalue weighted by Crippen LogP contribution is 2.30. The highest BCUT2D eigenvalue weighted by atomic mass is 35.5. The van der Waals surface area contributed by atoms with Gasteiger partial charge in [-0.2, -0.15) is 0 Å². The van der Waals surface area contributed by atoms with Crippen LogP contribution >= 0.6 is 23.2 Å². The molecule has 0 aliphatic heterocycles. The van der Waals surface area contributed by atoms with Crippen LogP contribution < -0.4 is 10.5 Å². The van der Waals surface area contributed by atoms with Crippen LogP contribution in [-0.4, -0.2) is 36.6 Å². The third kappa shape index (κ3) is 5.23. The first kappa shape index (κ1) is 18.4. The quantitative estimate of drug-likeness (QED) is 0.807. The summed E-state index contributed by atoms with van der Waals surface area (Å²) in [6.45, 7) is 1.68. The van der Waals surface area contributed by atoms with Crippen LogP contribution in [0.4, 0.5) is 0 Å². The molecule has 10 heteroatoms. The Balaban J connectivity index is 3.12. The van der Waals surface area contributed by atoms with E-state index in [0.29, 0.717) is 0 Å². The number of sulfonamides is 1. The van der Waals surface area contributed by atoms with Crippen molar-refractivity contribution in [1.82, 2.24) is 5.32 Å². The fraction of sp³-hybridized carbons (Fsp3) is 0.364. The Morgan fingerprint density at radius 1 is 1.43 bits per heavy atom. The minimum absolute atomic E-state index is 0.00200. The van der Waals surface area contributed by atoms with Crippen molar-refractivity contribution in [3.63, 3.8) is 0 Å². The highest BCUT2D eigenvalue weighted by Gasteiger charge is 2.20. The molecule has 0 bridgehead atoms. The Kier molecular flexibility index (Phi) is 6.18. The lowest BCUT2D eigenvalue weighted by atomic mass is 10.2. The lowest BCUT2D eigenvalue weighted by Gasteiger charge is -2.13. The average molecular weight is 373 g/mol. The molecule has 1 aromatic carbocycles. The molecule has 118 valence electrons. The number of primary sulfonamides is 1. The SMILES string of the molecule is CC(CS(C)=O)NC(=O)c1cc(Cl)c(Cl)c(S(N)(=O)=O)c1. The van der Waals surface area contributed by atoms with Crippen LogP contribution in [0.15, 0.2) is 17.0 Å². The number of rotatable bonds is 5. The summed E-state index contributed by atoms with van der Waals surface area (Å²) in [6.07, 6.45) is 1.51. The van der Waals surface area contributed by atoms with E-state index in [1.165, 1.54) is 12.3 Å². The number of carbonyl (C=O) groups excluding carboxylic acids is 1. The van der Waals surface area contributed by atoms with Crippen molar-refractivity contribution in [2.45, 2.75) is 17.9 Å². The van der Waals surface area contributed by atoms with Gasteiger partial charge >= 0.3 is 0 Å². The number of hydrogen-bond acceptors (Lipinski definition) is 4. The van der Waals surface area contributed by atoms with Crippen molar-refractivity contribution < 1.29 is 17.4 Å².